The fourth-order valence-electron chi connectivity index (χ4n) is 3.65. The molecule has 0 aliphatic carbocycles. The van der Waals surface area contributed by atoms with Gasteiger partial charge in [0.1, 0.15) is 11.4 Å². The molecule has 0 bridgehead atoms. The van der Waals surface area contributed by atoms with Crippen molar-refractivity contribution in [1.29, 1.82) is 0 Å². The molecule has 0 unspecified atom stereocenters. The minimum Gasteiger partial charge on any atom is -0.497 e. The van der Waals surface area contributed by atoms with Crippen LogP contribution in [0.15, 0.2) is 84.0 Å². The van der Waals surface area contributed by atoms with Crippen LogP contribution in [-0.2, 0) is 6.42 Å². The molecule has 6 heteroatoms. The van der Waals surface area contributed by atoms with Crippen molar-refractivity contribution in [2.75, 3.05) is 7.11 Å². The molecule has 0 fully saturated rings. The van der Waals surface area contributed by atoms with E-state index in [1.165, 1.54) is 0 Å². The summed E-state index contributed by atoms with van der Waals surface area (Å²) in [6, 6.07) is 19.4. The molecule has 0 radical (unpaired) electrons. The SMILES string of the molecule is COc1ccc(-n2c(=O)c3ccncc3n3ncc(Cc4ccccc4)c23)cc1. The summed E-state index contributed by atoms with van der Waals surface area (Å²) < 4.78 is 8.78. The average Bonchev–Trinajstić information content (AvgIpc) is 3.18. The lowest BCUT2D eigenvalue weighted by Gasteiger charge is -2.13. The van der Waals surface area contributed by atoms with Crippen molar-refractivity contribution < 1.29 is 4.74 Å². The molecular weight excluding hydrogens is 364 g/mol. The maximum atomic E-state index is 13.5. The van der Waals surface area contributed by atoms with Gasteiger partial charge < -0.3 is 4.74 Å². The van der Waals surface area contributed by atoms with E-state index >= 15 is 0 Å². The second kappa shape index (κ2) is 6.91. The van der Waals surface area contributed by atoms with Crippen LogP contribution in [0.1, 0.15) is 11.1 Å². The fourth-order valence-corrected chi connectivity index (χ4v) is 3.65. The lowest BCUT2D eigenvalue weighted by Crippen LogP contribution is -2.22. The maximum Gasteiger partial charge on any atom is 0.266 e. The monoisotopic (exact) mass is 382 g/mol. The van der Waals surface area contributed by atoms with Gasteiger partial charge >= 0.3 is 0 Å². The van der Waals surface area contributed by atoms with E-state index in [9.17, 15) is 4.79 Å². The second-order valence-corrected chi connectivity index (χ2v) is 6.80. The standard InChI is InChI=1S/C23H18N4O2/c1-29-19-9-7-18(8-10-19)26-22-17(13-16-5-3-2-4-6-16)14-25-27(22)21-15-24-12-11-20(21)23(26)28/h2-12,14-15H,13H2,1H3. The summed E-state index contributed by atoms with van der Waals surface area (Å²) in [5, 5.41) is 5.16. The van der Waals surface area contributed by atoms with E-state index in [1.807, 2.05) is 48.7 Å². The molecule has 5 aromatic rings. The number of benzene rings is 2. The second-order valence-electron chi connectivity index (χ2n) is 6.80. The van der Waals surface area contributed by atoms with Crippen molar-refractivity contribution in [1.82, 2.24) is 19.2 Å². The highest BCUT2D eigenvalue weighted by Gasteiger charge is 2.17. The number of ether oxygens (including phenoxy) is 1. The molecule has 0 atom stereocenters. The van der Waals surface area contributed by atoms with Gasteiger partial charge in [0, 0.05) is 18.2 Å². The molecule has 29 heavy (non-hydrogen) atoms. The van der Waals surface area contributed by atoms with Crippen molar-refractivity contribution in [3.8, 4) is 11.4 Å². The van der Waals surface area contributed by atoms with Gasteiger partial charge in [0.05, 0.1) is 36.1 Å². The number of hydrogen-bond donors (Lipinski definition) is 0. The van der Waals surface area contributed by atoms with Crippen LogP contribution < -0.4 is 10.3 Å². The first-order valence-corrected chi connectivity index (χ1v) is 9.30. The van der Waals surface area contributed by atoms with Crippen LogP contribution in [-0.4, -0.2) is 26.3 Å². The van der Waals surface area contributed by atoms with Crippen LogP contribution >= 0.6 is 0 Å². The summed E-state index contributed by atoms with van der Waals surface area (Å²) in [6.07, 6.45) is 5.81. The summed E-state index contributed by atoms with van der Waals surface area (Å²) in [5.74, 6) is 0.737. The normalized spacial score (nSPS) is 11.2. The van der Waals surface area contributed by atoms with Crippen LogP contribution in [0.25, 0.3) is 22.2 Å². The van der Waals surface area contributed by atoms with E-state index < -0.39 is 0 Å². The summed E-state index contributed by atoms with van der Waals surface area (Å²) in [6.45, 7) is 0. The number of pyridine rings is 1. The third-order valence-corrected chi connectivity index (χ3v) is 5.06. The molecule has 0 saturated carbocycles. The van der Waals surface area contributed by atoms with Gasteiger partial charge in [0.25, 0.3) is 5.56 Å². The Morgan fingerprint density at radius 3 is 2.52 bits per heavy atom. The molecule has 0 amide bonds. The lowest BCUT2D eigenvalue weighted by molar-refractivity contribution is 0.414. The molecule has 0 aliphatic heterocycles. The molecule has 2 aromatic carbocycles. The third kappa shape index (κ3) is 2.86. The molecule has 5 rings (SSSR count). The Balaban J connectivity index is 1.83. The largest absolute Gasteiger partial charge is 0.497 e. The highest BCUT2D eigenvalue weighted by Crippen LogP contribution is 2.23. The Hall–Kier alpha value is -3.93. The number of fused-ring (bicyclic) bond motifs is 3. The number of hydrogen-bond acceptors (Lipinski definition) is 4. The zero-order chi connectivity index (χ0) is 19.8. The van der Waals surface area contributed by atoms with Crippen LogP contribution in [0.2, 0.25) is 0 Å². The average molecular weight is 382 g/mol. The first kappa shape index (κ1) is 17.2. The molecule has 0 spiro atoms. The van der Waals surface area contributed by atoms with Gasteiger partial charge in [-0.15, -0.1) is 0 Å². The Bertz CT molecular complexity index is 1370. The molecule has 6 nitrogen and oxygen atoms in total. The number of methoxy groups -OCH3 is 1. The molecule has 3 heterocycles. The molecule has 0 aliphatic rings. The number of rotatable bonds is 4. The van der Waals surface area contributed by atoms with E-state index in [1.54, 1.807) is 34.7 Å². The van der Waals surface area contributed by atoms with Gasteiger partial charge in [-0.05, 0) is 35.9 Å². The van der Waals surface area contributed by atoms with Crippen molar-refractivity contribution in [3.05, 3.63) is 101 Å². The highest BCUT2D eigenvalue weighted by atomic mass is 16.5. The molecule has 0 saturated heterocycles. The van der Waals surface area contributed by atoms with Crippen molar-refractivity contribution >= 4 is 16.6 Å². The van der Waals surface area contributed by atoms with Crippen molar-refractivity contribution in [3.63, 3.8) is 0 Å². The predicted octanol–water partition coefficient (Wildman–Crippen LogP) is 3.63. The minimum absolute atomic E-state index is 0.102. The zero-order valence-corrected chi connectivity index (χ0v) is 15.8. The van der Waals surface area contributed by atoms with Crippen LogP contribution in [0.3, 0.4) is 0 Å². The Kier molecular flexibility index (Phi) is 4.09. The smallest absolute Gasteiger partial charge is 0.266 e. The Morgan fingerprint density at radius 2 is 1.76 bits per heavy atom. The van der Waals surface area contributed by atoms with E-state index in [4.69, 9.17) is 4.74 Å². The summed E-state index contributed by atoms with van der Waals surface area (Å²) >= 11 is 0. The van der Waals surface area contributed by atoms with E-state index in [0.29, 0.717) is 17.3 Å². The van der Waals surface area contributed by atoms with E-state index in [2.05, 4.69) is 22.2 Å². The third-order valence-electron chi connectivity index (χ3n) is 5.06. The summed E-state index contributed by atoms with van der Waals surface area (Å²) in [5.41, 5.74) is 4.21. The van der Waals surface area contributed by atoms with Crippen molar-refractivity contribution in [2.24, 2.45) is 0 Å². The predicted molar refractivity (Wildman–Crippen MR) is 112 cm³/mol. The molecule has 3 aromatic heterocycles. The van der Waals surface area contributed by atoms with E-state index in [-0.39, 0.29) is 5.56 Å². The van der Waals surface area contributed by atoms with Crippen LogP contribution in [0, 0.1) is 0 Å². The summed E-state index contributed by atoms with van der Waals surface area (Å²) in [7, 11) is 1.62. The topological polar surface area (TPSA) is 61.4 Å². The van der Waals surface area contributed by atoms with Gasteiger partial charge in [0.15, 0.2) is 0 Å². The Labute approximate surface area is 166 Å². The first-order chi connectivity index (χ1) is 14.3. The molecular formula is C23H18N4O2. The van der Waals surface area contributed by atoms with E-state index in [0.717, 1.165) is 28.2 Å². The maximum absolute atomic E-state index is 13.5. The van der Waals surface area contributed by atoms with Gasteiger partial charge in [-0.2, -0.15) is 5.10 Å². The fraction of sp³-hybridized carbons (Fsp3) is 0.0870. The minimum atomic E-state index is -0.102. The quantitative estimate of drug-likeness (QED) is 0.476. The molecule has 0 N–H and O–H groups in total. The van der Waals surface area contributed by atoms with Gasteiger partial charge in [-0.25, -0.2) is 4.52 Å². The first-order valence-electron chi connectivity index (χ1n) is 9.30. The molecule has 142 valence electrons. The van der Waals surface area contributed by atoms with Gasteiger partial charge in [-0.1, -0.05) is 30.3 Å². The van der Waals surface area contributed by atoms with Gasteiger partial charge in [0.2, 0.25) is 0 Å². The lowest BCUT2D eigenvalue weighted by atomic mass is 10.1. The van der Waals surface area contributed by atoms with Crippen molar-refractivity contribution in [2.45, 2.75) is 6.42 Å². The Morgan fingerprint density at radius 1 is 0.966 bits per heavy atom. The summed E-state index contributed by atoms with van der Waals surface area (Å²) in [4.78, 5) is 17.7. The number of nitrogens with zero attached hydrogens (tertiary/aromatic N) is 4. The van der Waals surface area contributed by atoms with Crippen LogP contribution in [0.4, 0.5) is 0 Å². The van der Waals surface area contributed by atoms with Gasteiger partial charge in [-0.3, -0.25) is 14.3 Å². The highest BCUT2D eigenvalue weighted by molar-refractivity contribution is 5.81. The number of aromatic nitrogens is 4. The zero-order valence-electron chi connectivity index (χ0n) is 15.8. The van der Waals surface area contributed by atoms with Crippen LogP contribution in [0.5, 0.6) is 5.75 Å².